The Morgan fingerprint density at radius 2 is 2.00 bits per heavy atom. The van der Waals surface area contributed by atoms with Gasteiger partial charge in [0.2, 0.25) is 0 Å². The summed E-state index contributed by atoms with van der Waals surface area (Å²) in [5, 5.41) is 13.1. The summed E-state index contributed by atoms with van der Waals surface area (Å²) in [5.74, 6) is 1.49. The van der Waals surface area contributed by atoms with Gasteiger partial charge in [0, 0.05) is 13.1 Å². The van der Waals surface area contributed by atoms with Crippen molar-refractivity contribution in [2.45, 2.75) is 51.7 Å². The molecule has 1 aromatic carbocycles. The topological polar surface area (TPSA) is 41.5 Å². The minimum atomic E-state index is -0.170. The summed E-state index contributed by atoms with van der Waals surface area (Å²) >= 11 is 0. The molecule has 0 heterocycles. The van der Waals surface area contributed by atoms with E-state index in [0.717, 1.165) is 25.3 Å². The third-order valence-corrected chi connectivity index (χ3v) is 3.79. The van der Waals surface area contributed by atoms with Crippen LogP contribution in [0, 0.1) is 5.92 Å². The van der Waals surface area contributed by atoms with Crippen molar-refractivity contribution in [2.75, 3.05) is 13.2 Å². The summed E-state index contributed by atoms with van der Waals surface area (Å²) in [7, 11) is 0. The van der Waals surface area contributed by atoms with E-state index >= 15 is 0 Å². The summed E-state index contributed by atoms with van der Waals surface area (Å²) in [6.45, 7) is 4.50. The van der Waals surface area contributed by atoms with E-state index in [4.69, 9.17) is 4.74 Å². The van der Waals surface area contributed by atoms with E-state index in [1.165, 1.54) is 31.2 Å². The van der Waals surface area contributed by atoms with Crippen LogP contribution in [-0.4, -0.2) is 24.4 Å². The van der Waals surface area contributed by atoms with Crippen molar-refractivity contribution in [3.63, 3.8) is 0 Å². The lowest BCUT2D eigenvalue weighted by molar-refractivity contribution is 0.148. The lowest BCUT2D eigenvalue weighted by Crippen LogP contribution is -2.27. The first-order valence-corrected chi connectivity index (χ1v) is 7.90. The lowest BCUT2D eigenvalue weighted by Gasteiger charge is -2.11. The number of benzene rings is 1. The molecular formula is C17H27NO2. The normalized spacial score (nSPS) is 16.1. The fourth-order valence-corrected chi connectivity index (χ4v) is 2.26. The highest BCUT2D eigenvalue weighted by Crippen LogP contribution is 2.32. The molecule has 0 saturated heterocycles. The molecule has 2 N–H and O–H groups in total. The second kappa shape index (κ2) is 8.28. The first-order valence-electron chi connectivity index (χ1n) is 7.90. The van der Waals surface area contributed by atoms with Gasteiger partial charge >= 0.3 is 0 Å². The molecule has 0 amide bonds. The molecule has 1 fully saturated rings. The van der Waals surface area contributed by atoms with Crippen LogP contribution in [0.4, 0.5) is 0 Å². The molecule has 112 valence electrons. The number of unbranched alkanes of at least 4 members (excludes halogenated alkanes) is 2. The monoisotopic (exact) mass is 277 g/mol. The van der Waals surface area contributed by atoms with Gasteiger partial charge in [-0.25, -0.2) is 0 Å². The van der Waals surface area contributed by atoms with Crippen LogP contribution >= 0.6 is 0 Å². The Bertz CT molecular complexity index is 373. The van der Waals surface area contributed by atoms with Gasteiger partial charge in [-0.05, 0) is 42.9 Å². The van der Waals surface area contributed by atoms with E-state index < -0.39 is 0 Å². The molecule has 1 aromatic rings. The maximum Gasteiger partial charge on any atom is 0.119 e. The Balaban J connectivity index is 1.62. The maximum atomic E-state index is 9.77. The van der Waals surface area contributed by atoms with Gasteiger partial charge in [0.1, 0.15) is 5.75 Å². The molecular weight excluding hydrogens is 250 g/mol. The van der Waals surface area contributed by atoms with Gasteiger partial charge in [-0.15, -0.1) is 0 Å². The molecule has 1 unspecified atom stereocenters. The fourth-order valence-electron chi connectivity index (χ4n) is 2.26. The number of ether oxygens (including phenoxy) is 1. The van der Waals surface area contributed by atoms with Crippen molar-refractivity contribution >= 4 is 0 Å². The molecule has 1 aliphatic rings. The summed E-state index contributed by atoms with van der Waals surface area (Å²) < 4.78 is 5.69. The maximum absolute atomic E-state index is 9.77. The standard InChI is InChI=1S/C17H27NO2/c1-2-3-4-11-20-16-9-5-14(6-10-16)12-18-13-17(19)15-7-8-15/h5-6,9-10,15,17-19H,2-4,7-8,11-13H2,1H3. The largest absolute Gasteiger partial charge is 0.494 e. The fraction of sp³-hybridized carbons (Fsp3) is 0.647. The predicted molar refractivity (Wildman–Crippen MR) is 81.9 cm³/mol. The van der Waals surface area contributed by atoms with E-state index in [2.05, 4.69) is 24.4 Å². The average molecular weight is 277 g/mol. The Morgan fingerprint density at radius 1 is 1.25 bits per heavy atom. The van der Waals surface area contributed by atoms with E-state index in [1.807, 2.05) is 12.1 Å². The van der Waals surface area contributed by atoms with Crippen LogP contribution in [0.15, 0.2) is 24.3 Å². The molecule has 0 spiro atoms. The van der Waals surface area contributed by atoms with Crippen molar-refractivity contribution in [3.05, 3.63) is 29.8 Å². The Kier molecular flexibility index (Phi) is 6.34. The first kappa shape index (κ1) is 15.3. The smallest absolute Gasteiger partial charge is 0.119 e. The molecule has 3 heteroatoms. The van der Waals surface area contributed by atoms with E-state index in [9.17, 15) is 5.11 Å². The second-order valence-electron chi connectivity index (χ2n) is 5.74. The van der Waals surface area contributed by atoms with Crippen molar-refractivity contribution in [2.24, 2.45) is 5.92 Å². The molecule has 1 saturated carbocycles. The highest BCUT2D eigenvalue weighted by Gasteiger charge is 2.28. The number of aliphatic hydroxyl groups excluding tert-OH is 1. The first-order chi connectivity index (χ1) is 9.79. The van der Waals surface area contributed by atoms with Gasteiger partial charge < -0.3 is 15.2 Å². The van der Waals surface area contributed by atoms with Gasteiger partial charge in [0.25, 0.3) is 0 Å². The third-order valence-electron chi connectivity index (χ3n) is 3.79. The Hall–Kier alpha value is -1.06. The van der Waals surface area contributed by atoms with Crippen LogP contribution in [0.3, 0.4) is 0 Å². The molecule has 2 rings (SSSR count). The summed E-state index contributed by atoms with van der Waals surface area (Å²) in [6.07, 6.45) is 5.78. The van der Waals surface area contributed by atoms with Gasteiger partial charge in [-0.3, -0.25) is 0 Å². The molecule has 0 aromatic heterocycles. The zero-order valence-electron chi connectivity index (χ0n) is 12.5. The Labute approximate surface area is 122 Å². The second-order valence-corrected chi connectivity index (χ2v) is 5.74. The minimum Gasteiger partial charge on any atom is -0.494 e. The molecule has 0 bridgehead atoms. The molecule has 1 atom stereocenters. The minimum absolute atomic E-state index is 0.170. The van der Waals surface area contributed by atoms with Crippen molar-refractivity contribution < 1.29 is 9.84 Å². The number of nitrogens with one attached hydrogen (secondary N) is 1. The zero-order valence-corrected chi connectivity index (χ0v) is 12.5. The number of rotatable bonds is 10. The number of hydrogen-bond acceptors (Lipinski definition) is 3. The molecule has 3 nitrogen and oxygen atoms in total. The molecule has 20 heavy (non-hydrogen) atoms. The zero-order chi connectivity index (χ0) is 14.2. The van der Waals surface area contributed by atoms with E-state index in [1.54, 1.807) is 0 Å². The highest BCUT2D eigenvalue weighted by atomic mass is 16.5. The predicted octanol–water partition coefficient (Wildman–Crippen LogP) is 3.12. The highest BCUT2D eigenvalue weighted by molar-refractivity contribution is 5.27. The van der Waals surface area contributed by atoms with Crippen LogP contribution in [0.5, 0.6) is 5.75 Å². The van der Waals surface area contributed by atoms with Crippen LogP contribution < -0.4 is 10.1 Å². The molecule has 0 aliphatic heterocycles. The van der Waals surface area contributed by atoms with Gasteiger partial charge in [0.05, 0.1) is 12.7 Å². The van der Waals surface area contributed by atoms with Crippen LogP contribution in [-0.2, 0) is 6.54 Å². The quantitative estimate of drug-likeness (QED) is 0.646. The average Bonchev–Trinajstić information content (AvgIpc) is 3.30. The summed E-state index contributed by atoms with van der Waals surface area (Å²) in [4.78, 5) is 0. The summed E-state index contributed by atoms with van der Waals surface area (Å²) in [5.41, 5.74) is 1.23. The van der Waals surface area contributed by atoms with Crippen molar-refractivity contribution in [3.8, 4) is 5.75 Å². The summed E-state index contributed by atoms with van der Waals surface area (Å²) in [6, 6.07) is 8.23. The van der Waals surface area contributed by atoms with Crippen molar-refractivity contribution in [1.29, 1.82) is 0 Å². The molecule has 1 aliphatic carbocycles. The SMILES string of the molecule is CCCCCOc1ccc(CNCC(O)C2CC2)cc1. The van der Waals surface area contributed by atoms with Gasteiger partial charge in [0.15, 0.2) is 0 Å². The molecule has 0 radical (unpaired) electrons. The third kappa shape index (κ3) is 5.51. The number of hydrogen-bond donors (Lipinski definition) is 2. The van der Waals surface area contributed by atoms with Gasteiger partial charge in [-0.2, -0.15) is 0 Å². The van der Waals surface area contributed by atoms with E-state index in [0.29, 0.717) is 12.5 Å². The van der Waals surface area contributed by atoms with Crippen LogP contribution in [0.2, 0.25) is 0 Å². The van der Waals surface area contributed by atoms with Crippen molar-refractivity contribution in [1.82, 2.24) is 5.32 Å². The lowest BCUT2D eigenvalue weighted by atomic mass is 10.2. The Morgan fingerprint density at radius 3 is 2.65 bits per heavy atom. The number of aliphatic hydroxyl groups is 1. The van der Waals surface area contributed by atoms with Gasteiger partial charge in [-0.1, -0.05) is 31.9 Å². The van der Waals surface area contributed by atoms with Crippen LogP contribution in [0.25, 0.3) is 0 Å². The van der Waals surface area contributed by atoms with Crippen LogP contribution in [0.1, 0.15) is 44.6 Å². The van der Waals surface area contributed by atoms with E-state index in [-0.39, 0.29) is 6.10 Å².